The van der Waals surface area contributed by atoms with Crippen LogP contribution in [0.1, 0.15) is 41.6 Å². The van der Waals surface area contributed by atoms with Crippen molar-refractivity contribution in [3.05, 3.63) is 70.5 Å². The Morgan fingerprint density at radius 1 is 1.09 bits per heavy atom. The Hall–Kier alpha value is -1.72. The normalized spacial score (nSPS) is 15.4. The Labute approximate surface area is 136 Å². The molecule has 0 amide bonds. The van der Waals surface area contributed by atoms with Crippen molar-refractivity contribution < 1.29 is 12.8 Å². The molecule has 23 heavy (non-hydrogen) atoms. The van der Waals surface area contributed by atoms with E-state index in [1.54, 1.807) is 0 Å². The lowest BCUT2D eigenvalue weighted by atomic mass is 10.0. The summed E-state index contributed by atoms with van der Waals surface area (Å²) in [6.45, 7) is 1.85. The summed E-state index contributed by atoms with van der Waals surface area (Å²) in [7, 11) is -3.48. The van der Waals surface area contributed by atoms with Crippen molar-refractivity contribution in [2.24, 2.45) is 0 Å². The number of halogens is 1. The Morgan fingerprint density at radius 2 is 1.78 bits per heavy atom. The minimum absolute atomic E-state index is 0.150. The van der Waals surface area contributed by atoms with Crippen LogP contribution in [-0.4, -0.2) is 8.42 Å². The van der Waals surface area contributed by atoms with Gasteiger partial charge in [0.1, 0.15) is 5.82 Å². The number of hydrogen-bond acceptors (Lipinski definition) is 2. The zero-order valence-corrected chi connectivity index (χ0v) is 13.9. The monoisotopic (exact) mass is 333 g/mol. The molecule has 122 valence electrons. The van der Waals surface area contributed by atoms with Gasteiger partial charge in [-0.3, -0.25) is 0 Å². The summed E-state index contributed by atoms with van der Waals surface area (Å²) >= 11 is 0. The SMILES string of the molecule is C[C@H](NS(=O)(=O)Cc1ccc(F)cc1)c1ccc2c(c1)CCC2. The summed E-state index contributed by atoms with van der Waals surface area (Å²) in [5, 5.41) is 0. The molecular formula is C18H20FNO2S. The standard InChI is InChI=1S/C18H20FNO2S/c1-13(16-8-7-15-3-2-4-17(15)11-16)20-23(21,22)12-14-5-9-18(19)10-6-14/h5-11,13,20H,2-4,12H2,1H3/t13-/m0/s1. The van der Waals surface area contributed by atoms with Crippen molar-refractivity contribution in [2.45, 2.75) is 38.0 Å². The van der Waals surface area contributed by atoms with Gasteiger partial charge in [0.15, 0.2) is 0 Å². The van der Waals surface area contributed by atoms with E-state index in [0.717, 1.165) is 18.4 Å². The van der Waals surface area contributed by atoms with Crippen LogP contribution in [0, 0.1) is 5.82 Å². The van der Waals surface area contributed by atoms with Crippen LogP contribution in [0.15, 0.2) is 42.5 Å². The second-order valence-electron chi connectivity index (χ2n) is 6.11. The highest BCUT2D eigenvalue weighted by molar-refractivity contribution is 7.88. The molecule has 3 nitrogen and oxygen atoms in total. The van der Waals surface area contributed by atoms with Gasteiger partial charge >= 0.3 is 0 Å². The summed E-state index contributed by atoms with van der Waals surface area (Å²) < 4.78 is 40.2. The fraction of sp³-hybridized carbons (Fsp3) is 0.333. The number of benzene rings is 2. The van der Waals surface area contributed by atoms with Gasteiger partial charge in [-0.2, -0.15) is 0 Å². The average molecular weight is 333 g/mol. The van der Waals surface area contributed by atoms with E-state index >= 15 is 0 Å². The highest BCUT2D eigenvalue weighted by Gasteiger charge is 2.18. The summed E-state index contributed by atoms with van der Waals surface area (Å²) in [6, 6.07) is 11.4. The van der Waals surface area contributed by atoms with Crippen molar-refractivity contribution in [2.75, 3.05) is 0 Å². The third kappa shape index (κ3) is 3.98. The van der Waals surface area contributed by atoms with Crippen LogP contribution in [0.3, 0.4) is 0 Å². The Morgan fingerprint density at radius 3 is 2.52 bits per heavy atom. The minimum Gasteiger partial charge on any atom is -0.212 e. The lowest BCUT2D eigenvalue weighted by molar-refractivity contribution is 0.565. The first-order valence-corrected chi connectivity index (χ1v) is 9.44. The first kappa shape index (κ1) is 16.1. The molecule has 0 radical (unpaired) electrons. The topological polar surface area (TPSA) is 46.2 Å². The van der Waals surface area contributed by atoms with E-state index in [9.17, 15) is 12.8 Å². The van der Waals surface area contributed by atoms with Crippen molar-refractivity contribution in [3.8, 4) is 0 Å². The van der Waals surface area contributed by atoms with Crippen molar-refractivity contribution in [1.82, 2.24) is 4.72 Å². The van der Waals surface area contributed by atoms with Crippen LogP contribution in [0.2, 0.25) is 0 Å². The van der Waals surface area contributed by atoms with Gasteiger partial charge in [-0.25, -0.2) is 17.5 Å². The lowest BCUT2D eigenvalue weighted by Crippen LogP contribution is -2.28. The van der Waals surface area contributed by atoms with Gasteiger partial charge in [-0.15, -0.1) is 0 Å². The number of hydrogen-bond donors (Lipinski definition) is 1. The number of sulfonamides is 1. The minimum atomic E-state index is -3.48. The molecular weight excluding hydrogens is 313 g/mol. The van der Waals surface area contributed by atoms with Gasteiger partial charge in [-0.05, 0) is 60.6 Å². The zero-order valence-electron chi connectivity index (χ0n) is 13.0. The van der Waals surface area contributed by atoms with Gasteiger partial charge in [0.05, 0.1) is 5.75 Å². The van der Waals surface area contributed by atoms with E-state index in [1.165, 1.54) is 41.8 Å². The number of rotatable bonds is 5. The van der Waals surface area contributed by atoms with Crippen LogP contribution < -0.4 is 4.72 Å². The van der Waals surface area contributed by atoms with Gasteiger partial charge in [0, 0.05) is 6.04 Å². The first-order valence-electron chi connectivity index (χ1n) is 7.79. The number of fused-ring (bicyclic) bond motifs is 1. The van der Waals surface area contributed by atoms with Crippen molar-refractivity contribution in [1.29, 1.82) is 0 Å². The summed E-state index contributed by atoms with van der Waals surface area (Å²) in [4.78, 5) is 0. The second kappa shape index (κ2) is 6.42. The van der Waals surface area contributed by atoms with Crippen LogP contribution >= 0.6 is 0 Å². The molecule has 1 N–H and O–H groups in total. The third-order valence-corrected chi connectivity index (χ3v) is 5.67. The molecule has 3 rings (SSSR count). The molecule has 0 heterocycles. The predicted molar refractivity (Wildman–Crippen MR) is 89.0 cm³/mol. The first-order chi connectivity index (χ1) is 10.9. The zero-order chi connectivity index (χ0) is 16.4. The van der Waals surface area contributed by atoms with Crippen LogP contribution in [0.25, 0.3) is 0 Å². The Balaban J connectivity index is 1.70. The maximum absolute atomic E-state index is 12.9. The highest BCUT2D eigenvalue weighted by Crippen LogP contribution is 2.25. The van der Waals surface area contributed by atoms with Gasteiger partial charge in [0.25, 0.3) is 0 Å². The van der Waals surface area contributed by atoms with Crippen molar-refractivity contribution in [3.63, 3.8) is 0 Å². The van der Waals surface area contributed by atoms with Gasteiger partial charge < -0.3 is 0 Å². The lowest BCUT2D eigenvalue weighted by Gasteiger charge is -2.16. The van der Waals surface area contributed by atoms with E-state index in [2.05, 4.69) is 16.9 Å². The quantitative estimate of drug-likeness (QED) is 0.910. The number of nitrogens with one attached hydrogen (secondary N) is 1. The molecule has 0 bridgehead atoms. The third-order valence-electron chi connectivity index (χ3n) is 4.25. The molecule has 0 saturated carbocycles. The average Bonchev–Trinajstić information content (AvgIpc) is 2.96. The predicted octanol–water partition coefficient (Wildman–Crippen LogP) is 3.50. The summed E-state index contributed by atoms with van der Waals surface area (Å²) in [5.74, 6) is -0.520. The second-order valence-corrected chi connectivity index (χ2v) is 7.86. The molecule has 1 aliphatic rings. The van der Waals surface area contributed by atoms with Crippen LogP contribution in [0.5, 0.6) is 0 Å². The van der Waals surface area contributed by atoms with Gasteiger partial charge in [0.2, 0.25) is 10.0 Å². The molecule has 0 saturated heterocycles. The van der Waals surface area contributed by atoms with E-state index in [-0.39, 0.29) is 17.6 Å². The van der Waals surface area contributed by atoms with E-state index in [1.807, 2.05) is 13.0 Å². The molecule has 1 aliphatic carbocycles. The fourth-order valence-corrected chi connectivity index (χ4v) is 4.43. The Kier molecular flexibility index (Phi) is 4.50. The molecule has 2 aromatic carbocycles. The molecule has 2 aromatic rings. The molecule has 0 aliphatic heterocycles. The molecule has 0 aromatic heterocycles. The van der Waals surface area contributed by atoms with E-state index in [0.29, 0.717) is 5.56 Å². The Bertz CT molecular complexity index is 800. The fourth-order valence-electron chi connectivity index (χ4n) is 3.04. The summed E-state index contributed by atoms with van der Waals surface area (Å²) in [5.41, 5.74) is 4.25. The largest absolute Gasteiger partial charge is 0.216 e. The molecule has 0 fully saturated rings. The maximum Gasteiger partial charge on any atom is 0.216 e. The van der Waals surface area contributed by atoms with Crippen LogP contribution in [0.4, 0.5) is 4.39 Å². The van der Waals surface area contributed by atoms with E-state index in [4.69, 9.17) is 0 Å². The number of aryl methyl sites for hydroxylation is 2. The van der Waals surface area contributed by atoms with Crippen LogP contribution in [-0.2, 0) is 28.6 Å². The molecule has 0 spiro atoms. The smallest absolute Gasteiger partial charge is 0.212 e. The van der Waals surface area contributed by atoms with Crippen molar-refractivity contribution >= 4 is 10.0 Å². The summed E-state index contributed by atoms with van der Waals surface area (Å²) in [6.07, 6.45) is 3.35. The molecule has 1 atom stereocenters. The highest BCUT2D eigenvalue weighted by atomic mass is 32.2. The van der Waals surface area contributed by atoms with E-state index < -0.39 is 10.0 Å². The molecule has 5 heteroatoms. The molecule has 0 unspecified atom stereocenters. The van der Waals surface area contributed by atoms with Gasteiger partial charge in [-0.1, -0.05) is 30.3 Å². The maximum atomic E-state index is 12.9.